The van der Waals surface area contributed by atoms with Crippen molar-refractivity contribution in [1.82, 2.24) is 15.5 Å². The van der Waals surface area contributed by atoms with Crippen molar-refractivity contribution in [3.63, 3.8) is 0 Å². The topological polar surface area (TPSA) is 39.7 Å². The fourth-order valence-electron chi connectivity index (χ4n) is 2.52. The predicted octanol–water partition coefficient (Wildman–Crippen LogP) is 3.28. The highest BCUT2D eigenvalue weighted by Gasteiger charge is 2.06. The van der Waals surface area contributed by atoms with Crippen molar-refractivity contribution in [2.45, 2.75) is 26.6 Å². The Labute approximate surface area is 153 Å². The molecular weight excluding hydrogens is 334 g/mol. The van der Waals surface area contributed by atoms with Gasteiger partial charge in [0.1, 0.15) is 11.6 Å². The molecule has 2 aromatic carbocycles. The Bertz CT molecular complexity index is 744. The molecule has 0 heterocycles. The van der Waals surface area contributed by atoms with Gasteiger partial charge in [0.2, 0.25) is 0 Å². The van der Waals surface area contributed by atoms with Gasteiger partial charge in [0.05, 0.1) is 6.54 Å². The molecule has 2 aromatic rings. The van der Waals surface area contributed by atoms with Gasteiger partial charge in [0.25, 0.3) is 0 Å². The Balaban J connectivity index is 2.05. The van der Waals surface area contributed by atoms with E-state index in [-0.39, 0.29) is 11.6 Å². The van der Waals surface area contributed by atoms with E-state index in [9.17, 15) is 8.78 Å². The van der Waals surface area contributed by atoms with E-state index in [1.165, 1.54) is 12.1 Å². The van der Waals surface area contributed by atoms with Gasteiger partial charge < -0.3 is 15.5 Å². The van der Waals surface area contributed by atoms with Crippen LogP contribution in [0.2, 0.25) is 0 Å². The number of guanidine groups is 1. The highest BCUT2D eigenvalue weighted by atomic mass is 19.1. The molecule has 0 unspecified atom stereocenters. The fourth-order valence-corrected chi connectivity index (χ4v) is 2.52. The maximum atomic E-state index is 13.9. The number of benzene rings is 2. The third-order valence-electron chi connectivity index (χ3n) is 3.76. The number of hydrogen-bond donors (Lipinski definition) is 2. The average molecular weight is 360 g/mol. The van der Waals surface area contributed by atoms with Crippen molar-refractivity contribution in [1.29, 1.82) is 0 Å². The minimum Gasteiger partial charge on any atom is -0.357 e. The normalized spacial score (nSPS) is 11.7. The zero-order valence-electron chi connectivity index (χ0n) is 15.5. The van der Waals surface area contributed by atoms with Crippen molar-refractivity contribution in [3.8, 4) is 0 Å². The van der Waals surface area contributed by atoms with Crippen LogP contribution in [0, 0.1) is 11.6 Å². The van der Waals surface area contributed by atoms with Gasteiger partial charge in [0.15, 0.2) is 5.96 Å². The lowest BCUT2D eigenvalue weighted by Gasteiger charge is -2.13. The number of nitrogens with zero attached hydrogens (tertiary/aromatic N) is 2. The van der Waals surface area contributed by atoms with E-state index in [2.05, 4.69) is 15.6 Å². The maximum absolute atomic E-state index is 13.9. The Morgan fingerprint density at radius 1 is 1.00 bits per heavy atom. The SMILES string of the molecule is CCNC(=NCc1ccc(F)c(CN(C)C)c1)NCc1ccccc1F. The van der Waals surface area contributed by atoms with Crippen LogP contribution >= 0.6 is 0 Å². The van der Waals surface area contributed by atoms with Gasteiger partial charge >= 0.3 is 0 Å². The number of halogens is 2. The third kappa shape index (κ3) is 6.11. The minimum absolute atomic E-state index is 0.212. The molecule has 0 aliphatic heterocycles. The van der Waals surface area contributed by atoms with Gasteiger partial charge in [-0.3, -0.25) is 0 Å². The molecule has 26 heavy (non-hydrogen) atoms. The molecule has 0 fully saturated rings. The Hall–Kier alpha value is -2.47. The molecule has 0 aliphatic rings. The molecule has 140 valence electrons. The van der Waals surface area contributed by atoms with Gasteiger partial charge in [0, 0.05) is 30.8 Å². The Kier molecular flexibility index (Phi) is 7.53. The molecule has 0 aliphatic carbocycles. The van der Waals surface area contributed by atoms with Crippen molar-refractivity contribution < 1.29 is 8.78 Å². The van der Waals surface area contributed by atoms with E-state index in [4.69, 9.17) is 0 Å². The fraction of sp³-hybridized carbons (Fsp3) is 0.350. The van der Waals surface area contributed by atoms with Crippen LogP contribution in [0.1, 0.15) is 23.6 Å². The zero-order valence-corrected chi connectivity index (χ0v) is 15.5. The predicted molar refractivity (Wildman–Crippen MR) is 102 cm³/mol. The summed E-state index contributed by atoms with van der Waals surface area (Å²) in [4.78, 5) is 6.44. The summed E-state index contributed by atoms with van der Waals surface area (Å²) in [6.45, 7) is 3.95. The second-order valence-corrected chi connectivity index (χ2v) is 6.30. The summed E-state index contributed by atoms with van der Waals surface area (Å²) >= 11 is 0. The minimum atomic E-state index is -0.247. The van der Waals surface area contributed by atoms with Crippen LogP contribution in [0.5, 0.6) is 0 Å². The lowest BCUT2D eigenvalue weighted by molar-refractivity contribution is 0.392. The number of nitrogens with one attached hydrogen (secondary N) is 2. The van der Waals surface area contributed by atoms with Gasteiger partial charge in [-0.2, -0.15) is 0 Å². The summed E-state index contributed by atoms with van der Waals surface area (Å²) in [5.74, 6) is 0.132. The van der Waals surface area contributed by atoms with Crippen LogP contribution in [-0.4, -0.2) is 31.5 Å². The summed E-state index contributed by atoms with van der Waals surface area (Å²) in [5, 5.41) is 6.26. The smallest absolute Gasteiger partial charge is 0.191 e. The van der Waals surface area contributed by atoms with Gasteiger partial charge in [-0.1, -0.05) is 24.3 Å². The number of rotatable bonds is 7. The van der Waals surface area contributed by atoms with Crippen molar-refractivity contribution in [2.24, 2.45) is 4.99 Å². The van der Waals surface area contributed by atoms with E-state index >= 15 is 0 Å². The monoisotopic (exact) mass is 360 g/mol. The lowest BCUT2D eigenvalue weighted by atomic mass is 10.1. The van der Waals surface area contributed by atoms with Gasteiger partial charge in [-0.05, 0) is 44.8 Å². The summed E-state index contributed by atoms with van der Waals surface area (Å²) in [6, 6.07) is 11.7. The quantitative estimate of drug-likeness (QED) is 0.588. The maximum Gasteiger partial charge on any atom is 0.191 e. The first-order chi connectivity index (χ1) is 12.5. The van der Waals surface area contributed by atoms with E-state index in [0.717, 1.165) is 5.56 Å². The highest BCUT2D eigenvalue weighted by molar-refractivity contribution is 5.79. The average Bonchev–Trinajstić information content (AvgIpc) is 2.60. The lowest BCUT2D eigenvalue weighted by Crippen LogP contribution is -2.37. The summed E-state index contributed by atoms with van der Waals surface area (Å²) < 4.78 is 27.6. The molecule has 0 atom stereocenters. The van der Waals surface area contributed by atoms with Crippen LogP contribution < -0.4 is 10.6 Å². The highest BCUT2D eigenvalue weighted by Crippen LogP contribution is 2.13. The molecule has 0 bridgehead atoms. The molecule has 0 spiro atoms. The zero-order chi connectivity index (χ0) is 18.9. The second kappa shape index (κ2) is 9.87. The van der Waals surface area contributed by atoms with Gasteiger partial charge in [-0.25, -0.2) is 13.8 Å². The Morgan fingerprint density at radius 2 is 1.73 bits per heavy atom. The van der Waals surface area contributed by atoms with E-state index in [1.54, 1.807) is 24.3 Å². The molecule has 4 nitrogen and oxygen atoms in total. The molecule has 2 rings (SSSR count). The van der Waals surface area contributed by atoms with Crippen LogP contribution in [-0.2, 0) is 19.6 Å². The second-order valence-electron chi connectivity index (χ2n) is 6.30. The summed E-state index contributed by atoms with van der Waals surface area (Å²) in [5.41, 5.74) is 2.14. The van der Waals surface area contributed by atoms with Crippen LogP contribution in [0.25, 0.3) is 0 Å². The number of hydrogen-bond acceptors (Lipinski definition) is 2. The molecule has 2 N–H and O–H groups in total. The number of aliphatic imine (C=N–C) groups is 1. The first kappa shape index (κ1) is 19.8. The third-order valence-corrected chi connectivity index (χ3v) is 3.76. The van der Waals surface area contributed by atoms with Crippen LogP contribution in [0.3, 0.4) is 0 Å². The van der Waals surface area contributed by atoms with Crippen LogP contribution in [0.4, 0.5) is 8.78 Å². The van der Waals surface area contributed by atoms with Gasteiger partial charge in [-0.15, -0.1) is 0 Å². The largest absolute Gasteiger partial charge is 0.357 e. The van der Waals surface area contributed by atoms with E-state index in [0.29, 0.717) is 43.3 Å². The molecule has 0 saturated carbocycles. The van der Waals surface area contributed by atoms with Crippen LogP contribution in [0.15, 0.2) is 47.5 Å². The molecule has 0 amide bonds. The summed E-state index contributed by atoms with van der Waals surface area (Å²) in [7, 11) is 3.81. The van der Waals surface area contributed by atoms with Crippen molar-refractivity contribution in [3.05, 3.63) is 70.8 Å². The molecule has 6 heteroatoms. The van der Waals surface area contributed by atoms with E-state index < -0.39 is 0 Å². The summed E-state index contributed by atoms with van der Waals surface area (Å²) in [6.07, 6.45) is 0. The molecule has 0 saturated heterocycles. The molecular formula is C20H26F2N4. The molecule has 0 radical (unpaired) electrons. The van der Waals surface area contributed by atoms with E-state index in [1.807, 2.05) is 32.0 Å². The molecule has 0 aromatic heterocycles. The van der Waals surface area contributed by atoms with Crippen molar-refractivity contribution >= 4 is 5.96 Å². The first-order valence-corrected chi connectivity index (χ1v) is 8.67. The van der Waals surface area contributed by atoms with Crippen molar-refractivity contribution in [2.75, 3.05) is 20.6 Å². The standard InChI is InChI=1S/C20H26F2N4/c1-4-23-20(25-13-16-7-5-6-8-18(16)21)24-12-15-9-10-19(22)17(11-15)14-26(2)3/h5-11H,4,12-14H2,1-3H3,(H2,23,24,25). The first-order valence-electron chi connectivity index (χ1n) is 8.67. The Morgan fingerprint density at radius 3 is 2.42 bits per heavy atom.